The van der Waals surface area contributed by atoms with Gasteiger partial charge in [-0.05, 0) is 70.3 Å². The second-order valence-electron chi connectivity index (χ2n) is 12.8. The Morgan fingerprint density at radius 3 is 2.15 bits per heavy atom. The summed E-state index contributed by atoms with van der Waals surface area (Å²) in [7, 11) is 0. The minimum atomic E-state index is -0.939. The van der Waals surface area contributed by atoms with Crippen LogP contribution < -0.4 is 5.32 Å². The van der Waals surface area contributed by atoms with Gasteiger partial charge >= 0.3 is 0 Å². The van der Waals surface area contributed by atoms with Crippen LogP contribution in [0, 0.1) is 29.1 Å². The van der Waals surface area contributed by atoms with Gasteiger partial charge in [0.2, 0.25) is 5.91 Å². The first-order chi connectivity index (χ1) is 19.0. The molecule has 1 saturated carbocycles. The molecule has 228 valence electrons. The first kappa shape index (κ1) is 36.0. The van der Waals surface area contributed by atoms with Gasteiger partial charge in [-0.25, -0.2) is 0 Å². The van der Waals surface area contributed by atoms with E-state index in [9.17, 15) is 14.7 Å². The Kier molecular flexibility index (Phi) is 17.3. The lowest BCUT2D eigenvalue weighted by molar-refractivity contribution is -0.139. The van der Waals surface area contributed by atoms with Gasteiger partial charge in [0.25, 0.3) is 0 Å². The van der Waals surface area contributed by atoms with E-state index in [0.29, 0.717) is 18.4 Å². The summed E-state index contributed by atoms with van der Waals surface area (Å²) in [6, 6.07) is 0. The van der Waals surface area contributed by atoms with E-state index in [1.165, 1.54) is 44.2 Å². The van der Waals surface area contributed by atoms with Gasteiger partial charge in [0, 0.05) is 24.6 Å². The van der Waals surface area contributed by atoms with Gasteiger partial charge in [0.05, 0.1) is 23.6 Å². The number of amides is 1. The Morgan fingerprint density at radius 1 is 0.950 bits per heavy atom. The molecule has 3 unspecified atom stereocenters. The molecule has 2 aliphatic rings. The van der Waals surface area contributed by atoms with Crippen molar-refractivity contribution in [3.05, 3.63) is 36.1 Å². The molecule has 0 aromatic heterocycles. The van der Waals surface area contributed by atoms with Gasteiger partial charge in [0.15, 0.2) is 0 Å². The first-order valence-electron chi connectivity index (χ1n) is 15.9. The summed E-state index contributed by atoms with van der Waals surface area (Å²) in [6.07, 6.45) is 21.3. The standard InChI is InChI=1S/C20H37NO3.C15H23N/c1-14-9-7-6-8-10-15(2)13-21-18(23)12-17(22)20(4,5)19(24)16(3)11-14;1-4-7-12-15(13-10-8-11-13)16-14(6-3)9-5-2/h14-17,22H,6-13H2,1-5H3,(H,21,23);4-7,9,13H,8,10-12H2,1-3H3/b;7-4-,9-5-,14-6-,16-15?/t14?,15-,16?,17?;/m0./s1. The van der Waals surface area contributed by atoms with Gasteiger partial charge < -0.3 is 10.4 Å². The topological polar surface area (TPSA) is 78.8 Å². The van der Waals surface area contributed by atoms with Gasteiger partial charge in [-0.3, -0.25) is 14.6 Å². The van der Waals surface area contributed by atoms with E-state index in [4.69, 9.17) is 4.99 Å². The highest BCUT2D eigenvalue weighted by molar-refractivity contribution is 5.89. The fourth-order valence-corrected chi connectivity index (χ4v) is 5.50. The number of ketones is 1. The molecule has 2 N–H and O–H groups in total. The molecule has 0 radical (unpaired) electrons. The molecule has 2 fully saturated rings. The van der Waals surface area contributed by atoms with E-state index in [-0.39, 0.29) is 24.0 Å². The van der Waals surface area contributed by atoms with Crippen molar-refractivity contribution in [3.63, 3.8) is 0 Å². The van der Waals surface area contributed by atoms with Crippen molar-refractivity contribution in [1.29, 1.82) is 0 Å². The number of Topliss-reactive ketones (excluding diaryl/α,β-unsaturated/α-hetero) is 1. The number of hydrogen-bond donors (Lipinski definition) is 2. The van der Waals surface area contributed by atoms with Crippen LogP contribution in [0.1, 0.15) is 126 Å². The van der Waals surface area contributed by atoms with Crippen molar-refractivity contribution in [2.75, 3.05) is 6.54 Å². The molecule has 1 aliphatic carbocycles. The summed E-state index contributed by atoms with van der Waals surface area (Å²) in [4.78, 5) is 29.6. The highest BCUT2D eigenvalue weighted by Gasteiger charge is 2.39. The summed E-state index contributed by atoms with van der Waals surface area (Å²) in [6.45, 7) is 16.6. The molecule has 4 atom stereocenters. The van der Waals surface area contributed by atoms with Crippen LogP contribution in [0.3, 0.4) is 0 Å². The minimum absolute atomic E-state index is 0.00622. The molecule has 0 spiro atoms. The summed E-state index contributed by atoms with van der Waals surface area (Å²) < 4.78 is 0. The van der Waals surface area contributed by atoms with E-state index in [0.717, 1.165) is 37.3 Å². The van der Waals surface area contributed by atoms with Crippen molar-refractivity contribution in [2.24, 2.45) is 34.1 Å². The van der Waals surface area contributed by atoms with Crippen molar-refractivity contribution in [1.82, 2.24) is 5.32 Å². The van der Waals surface area contributed by atoms with Gasteiger partial charge in [0.1, 0.15) is 5.78 Å². The van der Waals surface area contributed by atoms with E-state index < -0.39 is 11.5 Å². The SMILES string of the molecule is C/C=C\CC(=NC(/C=C\C)=C\C)C1CCC1.CC1CCCCC[C@H](C)CNC(=O)CC(O)C(C)(C)C(=O)C(C)C1. The lowest BCUT2D eigenvalue weighted by atomic mass is 9.74. The molecule has 5 heteroatoms. The van der Waals surface area contributed by atoms with Crippen LogP contribution in [0.5, 0.6) is 0 Å². The number of hydrogen-bond acceptors (Lipinski definition) is 4. The van der Waals surface area contributed by atoms with Crippen molar-refractivity contribution >= 4 is 17.4 Å². The van der Waals surface area contributed by atoms with Gasteiger partial charge in [-0.2, -0.15) is 0 Å². The Bertz CT molecular complexity index is 879. The third-order valence-corrected chi connectivity index (χ3v) is 8.64. The van der Waals surface area contributed by atoms with E-state index >= 15 is 0 Å². The Hall–Kier alpha value is -2.01. The summed E-state index contributed by atoms with van der Waals surface area (Å²) >= 11 is 0. The fraction of sp³-hybridized carbons (Fsp3) is 0.743. The van der Waals surface area contributed by atoms with E-state index in [2.05, 4.69) is 50.4 Å². The van der Waals surface area contributed by atoms with Crippen LogP contribution in [-0.4, -0.2) is 35.2 Å². The number of carbonyl (C=O) groups excluding carboxylic acids is 2. The molecule has 2 rings (SSSR count). The smallest absolute Gasteiger partial charge is 0.222 e. The summed E-state index contributed by atoms with van der Waals surface area (Å²) in [5.74, 6) is 1.52. The predicted molar refractivity (Wildman–Crippen MR) is 170 cm³/mol. The summed E-state index contributed by atoms with van der Waals surface area (Å²) in [5.41, 5.74) is 1.56. The van der Waals surface area contributed by atoms with E-state index in [1.54, 1.807) is 13.8 Å². The molecule has 1 amide bonds. The quantitative estimate of drug-likeness (QED) is 0.203. The second-order valence-corrected chi connectivity index (χ2v) is 12.8. The maximum absolute atomic E-state index is 12.8. The zero-order valence-electron chi connectivity index (χ0n) is 27.0. The van der Waals surface area contributed by atoms with Crippen LogP contribution in [0.2, 0.25) is 0 Å². The molecule has 1 aliphatic heterocycles. The maximum atomic E-state index is 12.8. The molecule has 1 saturated heterocycles. The van der Waals surface area contributed by atoms with Crippen molar-refractivity contribution in [2.45, 2.75) is 132 Å². The number of nitrogens with zero attached hydrogens (tertiary/aromatic N) is 1. The molecule has 5 nitrogen and oxygen atoms in total. The van der Waals surface area contributed by atoms with Gasteiger partial charge in [-0.1, -0.05) is 91.0 Å². The molecule has 0 bridgehead atoms. The molecule has 40 heavy (non-hydrogen) atoms. The van der Waals surface area contributed by atoms with Crippen molar-refractivity contribution in [3.8, 4) is 0 Å². The lowest BCUT2D eigenvalue weighted by Crippen LogP contribution is -2.43. The van der Waals surface area contributed by atoms with Gasteiger partial charge in [-0.15, -0.1) is 0 Å². The Balaban J connectivity index is 0.000000433. The molecular formula is C35H60N2O3. The number of aliphatic hydroxyl groups excluding tert-OH is 1. The molecule has 0 aromatic carbocycles. The third-order valence-electron chi connectivity index (χ3n) is 8.64. The third kappa shape index (κ3) is 13.1. The number of carbonyl (C=O) groups is 2. The normalized spacial score (nSPS) is 28.6. The van der Waals surface area contributed by atoms with Crippen LogP contribution in [0.15, 0.2) is 41.1 Å². The summed E-state index contributed by atoms with van der Waals surface area (Å²) in [5, 5.41) is 13.4. The zero-order chi connectivity index (χ0) is 30.1. The molecule has 1 heterocycles. The lowest BCUT2D eigenvalue weighted by Gasteiger charge is -2.32. The number of rotatable bonds is 5. The highest BCUT2D eigenvalue weighted by Crippen LogP contribution is 2.32. The number of nitrogens with one attached hydrogen (secondary N) is 1. The van der Waals surface area contributed by atoms with Crippen LogP contribution in [0.25, 0.3) is 0 Å². The second kappa shape index (κ2) is 19.2. The monoisotopic (exact) mass is 556 g/mol. The minimum Gasteiger partial charge on any atom is -0.392 e. The van der Waals surface area contributed by atoms with E-state index in [1.807, 2.05) is 26.8 Å². The maximum Gasteiger partial charge on any atom is 0.222 e. The average Bonchev–Trinajstić information content (AvgIpc) is 2.88. The highest BCUT2D eigenvalue weighted by atomic mass is 16.3. The Morgan fingerprint density at radius 2 is 1.60 bits per heavy atom. The first-order valence-corrected chi connectivity index (χ1v) is 15.9. The van der Waals surface area contributed by atoms with Crippen LogP contribution in [-0.2, 0) is 9.59 Å². The molecular weight excluding hydrogens is 496 g/mol. The fourth-order valence-electron chi connectivity index (χ4n) is 5.50. The number of aliphatic imine (C=N–C) groups is 1. The number of aliphatic hydroxyl groups is 1. The number of allylic oxidation sites excluding steroid dienone is 5. The predicted octanol–water partition coefficient (Wildman–Crippen LogP) is 8.39. The van der Waals surface area contributed by atoms with Crippen LogP contribution >= 0.6 is 0 Å². The van der Waals surface area contributed by atoms with Crippen LogP contribution in [0.4, 0.5) is 0 Å². The average molecular weight is 557 g/mol. The molecule has 0 aromatic rings. The zero-order valence-corrected chi connectivity index (χ0v) is 27.0. The Labute approximate surface area is 246 Å². The largest absolute Gasteiger partial charge is 0.392 e. The van der Waals surface area contributed by atoms with Crippen molar-refractivity contribution < 1.29 is 14.7 Å².